The summed E-state index contributed by atoms with van der Waals surface area (Å²) in [5.41, 5.74) is 6.34. The summed E-state index contributed by atoms with van der Waals surface area (Å²) in [6.45, 7) is 0.545. The number of rotatable bonds is 4. The van der Waals surface area contributed by atoms with E-state index < -0.39 is 16.1 Å². The number of hydrogen-bond donors (Lipinski definition) is 4. The molecule has 7 nitrogen and oxygen atoms in total. The lowest BCUT2D eigenvalue weighted by Gasteiger charge is -2.16. The van der Waals surface area contributed by atoms with Crippen molar-refractivity contribution in [3.05, 3.63) is 35.8 Å². The van der Waals surface area contributed by atoms with Gasteiger partial charge in [-0.3, -0.25) is 0 Å². The van der Waals surface area contributed by atoms with Crippen LogP contribution in [0.1, 0.15) is 12.0 Å². The Balaban J connectivity index is 2.31. The number of anilines is 1. The summed E-state index contributed by atoms with van der Waals surface area (Å²) in [5.74, 6) is -0.669. The summed E-state index contributed by atoms with van der Waals surface area (Å²) in [5, 5.41) is 19.1. The van der Waals surface area contributed by atoms with Crippen molar-refractivity contribution in [3.8, 4) is 5.75 Å². The topological polar surface area (TPSA) is 116 Å². The summed E-state index contributed by atoms with van der Waals surface area (Å²) >= 11 is 0. The number of aryl methyl sites for hydroxylation is 1. The second kappa shape index (κ2) is 4.98. The third kappa shape index (κ3) is 2.74. The zero-order chi connectivity index (χ0) is 14.0. The number of aliphatic hydroxyl groups is 1. The molecule has 8 heteroatoms. The third-order valence-electron chi connectivity index (χ3n) is 2.68. The molecule has 1 aliphatic rings. The van der Waals surface area contributed by atoms with Crippen LogP contribution in [0, 0.1) is 0 Å². The molecule has 0 spiro atoms. The van der Waals surface area contributed by atoms with Crippen LogP contribution in [0.4, 0.5) is 5.69 Å². The quantitative estimate of drug-likeness (QED) is 0.634. The van der Waals surface area contributed by atoms with Gasteiger partial charge in [0.1, 0.15) is 11.4 Å². The van der Waals surface area contributed by atoms with Gasteiger partial charge in [-0.1, -0.05) is 6.07 Å². The molecular formula is C11H15N3O4S. The van der Waals surface area contributed by atoms with Gasteiger partial charge < -0.3 is 15.9 Å². The minimum atomic E-state index is -3.88. The Bertz CT molecular complexity index is 612. The molecule has 0 aliphatic carbocycles. The molecule has 0 radical (unpaired) electrons. The van der Waals surface area contributed by atoms with Gasteiger partial charge in [-0.2, -0.15) is 8.42 Å². The fourth-order valence-corrected chi connectivity index (χ4v) is 2.87. The van der Waals surface area contributed by atoms with Crippen LogP contribution < -0.4 is 14.8 Å². The Labute approximate surface area is 111 Å². The maximum absolute atomic E-state index is 11.7. The largest absolute Gasteiger partial charge is 0.506 e. The smallest absolute Gasteiger partial charge is 0.330 e. The molecule has 104 valence electrons. The average Bonchev–Trinajstić information content (AvgIpc) is 2.60. The van der Waals surface area contributed by atoms with E-state index in [0.29, 0.717) is 13.0 Å². The van der Waals surface area contributed by atoms with Crippen LogP contribution >= 0.6 is 0 Å². The van der Waals surface area contributed by atoms with Crippen molar-refractivity contribution >= 4 is 15.9 Å². The normalized spacial score (nSPS) is 17.1. The monoisotopic (exact) mass is 285 g/mol. The Hall–Kier alpha value is -1.93. The number of nitrogens with zero attached hydrogens (tertiary/aromatic N) is 1. The van der Waals surface area contributed by atoms with Crippen LogP contribution in [0.3, 0.4) is 0 Å². The molecule has 1 aliphatic heterocycles. The molecule has 1 aromatic rings. The van der Waals surface area contributed by atoms with Gasteiger partial charge in [0, 0.05) is 0 Å². The maximum atomic E-state index is 11.7. The molecule has 0 atom stereocenters. The van der Waals surface area contributed by atoms with Crippen molar-refractivity contribution < 1.29 is 18.6 Å². The molecule has 5 N–H and O–H groups in total. The van der Waals surface area contributed by atoms with Gasteiger partial charge in [0.15, 0.2) is 0 Å². The Morgan fingerprint density at radius 3 is 2.58 bits per heavy atom. The highest BCUT2D eigenvalue weighted by molar-refractivity contribution is 7.91. The summed E-state index contributed by atoms with van der Waals surface area (Å²) in [6.07, 6.45) is 2.48. The number of aromatic hydroxyl groups is 1. The van der Waals surface area contributed by atoms with Gasteiger partial charge >= 0.3 is 10.2 Å². The maximum Gasteiger partial charge on any atom is 0.330 e. The Kier molecular flexibility index (Phi) is 3.54. The number of phenolic OH excluding ortho intramolecular Hbond substituents is 1. The summed E-state index contributed by atoms with van der Waals surface area (Å²) in [6, 6.07) is 4.68. The minimum Gasteiger partial charge on any atom is -0.506 e. The second-order valence-electron chi connectivity index (χ2n) is 4.13. The lowest BCUT2D eigenvalue weighted by Crippen LogP contribution is -2.29. The molecule has 2 rings (SSSR count). The van der Waals surface area contributed by atoms with Gasteiger partial charge in [0.2, 0.25) is 5.88 Å². The standard InChI is InChI=1S/C11H15N3O4S/c12-5-1-2-8-3-4-9(10(15)6-8)14-7-11(16)13-19(14,17)18/h3-4,6-7,13,15-16H,1-2,5,12H2. The number of nitrogens with two attached hydrogens (primary N) is 1. The van der Waals surface area contributed by atoms with Crippen LogP contribution in [-0.4, -0.2) is 25.2 Å². The van der Waals surface area contributed by atoms with Crippen molar-refractivity contribution in [2.45, 2.75) is 12.8 Å². The van der Waals surface area contributed by atoms with E-state index >= 15 is 0 Å². The van der Waals surface area contributed by atoms with Crippen molar-refractivity contribution in [2.75, 3.05) is 10.8 Å². The number of aliphatic hydroxyl groups excluding tert-OH is 1. The van der Waals surface area contributed by atoms with Crippen LogP contribution in [0.2, 0.25) is 0 Å². The zero-order valence-electron chi connectivity index (χ0n) is 10.1. The van der Waals surface area contributed by atoms with E-state index in [0.717, 1.165) is 22.5 Å². The Morgan fingerprint density at radius 1 is 1.32 bits per heavy atom. The number of benzene rings is 1. The van der Waals surface area contributed by atoms with E-state index in [2.05, 4.69) is 0 Å². The van der Waals surface area contributed by atoms with E-state index in [9.17, 15) is 18.6 Å². The van der Waals surface area contributed by atoms with Crippen LogP contribution in [0.15, 0.2) is 30.3 Å². The summed E-state index contributed by atoms with van der Waals surface area (Å²) < 4.78 is 26.0. The highest BCUT2D eigenvalue weighted by Gasteiger charge is 2.30. The highest BCUT2D eigenvalue weighted by atomic mass is 32.2. The molecule has 0 fully saturated rings. The Morgan fingerprint density at radius 2 is 2.05 bits per heavy atom. The average molecular weight is 285 g/mol. The molecule has 0 amide bonds. The second-order valence-corrected chi connectivity index (χ2v) is 5.68. The molecule has 0 aromatic heterocycles. The first-order valence-electron chi connectivity index (χ1n) is 5.69. The van der Waals surface area contributed by atoms with Gasteiger partial charge in [-0.05, 0) is 37.1 Å². The first-order valence-corrected chi connectivity index (χ1v) is 7.13. The predicted molar refractivity (Wildman–Crippen MR) is 70.7 cm³/mol. The van der Waals surface area contributed by atoms with E-state index in [1.165, 1.54) is 12.1 Å². The fourth-order valence-electron chi connectivity index (χ4n) is 1.80. The molecule has 0 saturated carbocycles. The fraction of sp³-hybridized carbons (Fsp3) is 0.273. The number of hydrogen-bond acceptors (Lipinski definition) is 5. The lowest BCUT2D eigenvalue weighted by atomic mass is 10.1. The predicted octanol–water partition coefficient (Wildman–Crippen LogP) is 0.295. The highest BCUT2D eigenvalue weighted by Crippen LogP contribution is 2.32. The van der Waals surface area contributed by atoms with Gasteiger partial charge in [-0.25, -0.2) is 9.03 Å². The van der Waals surface area contributed by atoms with E-state index in [-0.39, 0.29) is 11.4 Å². The molecule has 0 unspecified atom stereocenters. The first-order chi connectivity index (χ1) is 8.94. The summed E-state index contributed by atoms with van der Waals surface area (Å²) in [4.78, 5) is 0. The molecule has 19 heavy (non-hydrogen) atoms. The van der Waals surface area contributed by atoms with Crippen LogP contribution in [0.25, 0.3) is 0 Å². The first kappa shape index (κ1) is 13.5. The van der Waals surface area contributed by atoms with Crippen LogP contribution in [0.5, 0.6) is 5.75 Å². The zero-order valence-corrected chi connectivity index (χ0v) is 10.9. The van der Waals surface area contributed by atoms with E-state index in [4.69, 9.17) is 5.73 Å². The minimum absolute atomic E-state index is 0.0769. The lowest BCUT2D eigenvalue weighted by molar-refractivity contribution is 0.392. The number of nitrogens with one attached hydrogen (secondary N) is 1. The van der Waals surface area contributed by atoms with E-state index in [1.54, 1.807) is 6.07 Å². The van der Waals surface area contributed by atoms with Crippen molar-refractivity contribution in [1.29, 1.82) is 0 Å². The third-order valence-corrected chi connectivity index (χ3v) is 3.97. The molecule has 1 aromatic carbocycles. The van der Waals surface area contributed by atoms with E-state index in [1.807, 2.05) is 4.72 Å². The van der Waals surface area contributed by atoms with Crippen LogP contribution in [-0.2, 0) is 16.6 Å². The molecule has 1 heterocycles. The molecule has 0 bridgehead atoms. The molecule has 0 saturated heterocycles. The van der Waals surface area contributed by atoms with Crippen molar-refractivity contribution in [1.82, 2.24) is 4.72 Å². The van der Waals surface area contributed by atoms with Gasteiger partial charge in [0.05, 0.1) is 6.20 Å². The summed E-state index contributed by atoms with van der Waals surface area (Å²) in [7, 11) is -3.88. The van der Waals surface area contributed by atoms with Crippen molar-refractivity contribution in [3.63, 3.8) is 0 Å². The SMILES string of the molecule is NCCCc1ccc(N2C=C(O)NS2(=O)=O)c(O)c1. The van der Waals surface area contributed by atoms with Gasteiger partial charge in [0.25, 0.3) is 0 Å². The number of phenols is 1. The molecular weight excluding hydrogens is 270 g/mol. The van der Waals surface area contributed by atoms with Crippen molar-refractivity contribution in [2.24, 2.45) is 5.73 Å². The van der Waals surface area contributed by atoms with Gasteiger partial charge in [-0.15, -0.1) is 0 Å².